The minimum atomic E-state index is -0.525. The molecule has 0 spiro atoms. The molecule has 1 aromatic carbocycles. The number of para-hydroxylation sites is 1. The van der Waals surface area contributed by atoms with Gasteiger partial charge < -0.3 is 9.47 Å². The molecule has 0 radical (unpaired) electrons. The molecule has 136 valence electrons. The van der Waals surface area contributed by atoms with Gasteiger partial charge in [-0.05, 0) is 30.9 Å². The normalized spacial score (nSPS) is 11.1. The van der Waals surface area contributed by atoms with Crippen molar-refractivity contribution in [2.75, 3.05) is 19.8 Å². The maximum atomic E-state index is 12.1. The summed E-state index contributed by atoms with van der Waals surface area (Å²) >= 11 is 0. The first-order valence-corrected chi connectivity index (χ1v) is 8.82. The molecule has 0 saturated heterocycles. The number of carbonyl (C=O) groups excluding carboxylic acids is 1. The number of ether oxygens (including phenoxy) is 2. The average molecular weight is 345 g/mol. The largest absolute Gasteiger partial charge is 0.457 e. The Morgan fingerprint density at radius 2 is 1.96 bits per heavy atom. The Morgan fingerprint density at radius 3 is 2.68 bits per heavy atom. The second-order valence-electron chi connectivity index (χ2n) is 6.21. The van der Waals surface area contributed by atoms with Crippen molar-refractivity contribution in [1.29, 1.82) is 0 Å². The number of aryl methyl sites for hydroxylation is 1. The summed E-state index contributed by atoms with van der Waals surface area (Å²) in [5.74, 6) is 0.544. The Hall–Kier alpha value is -2.21. The number of nitrogens with zero attached hydrogens (tertiary/aromatic N) is 3. The molecule has 0 amide bonds. The number of unbranched alkanes of at least 4 members (excludes halogenated alkanes) is 1. The molecule has 0 aliphatic rings. The van der Waals surface area contributed by atoms with Crippen LogP contribution in [0.25, 0.3) is 5.69 Å². The van der Waals surface area contributed by atoms with E-state index < -0.39 is 5.97 Å². The predicted octanol–water partition coefficient (Wildman–Crippen LogP) is 3.67. The Morgan fingerprint density at radius 1 is 1.20 bits per heavy atom. The zero-order valence-electron chi connectivity index (χ0n) is 15.5. The van der Waals surface area contributed by atoms with E-state index in [2.05, 4.69) is 36.9 Å². The van der Waals surface area contributed by atoms with Crippen LogP contribution in [0.15, 0.2) is 24.3 Å². The van der Waals surface area contributed by atoms with Crippen LogP contribution in [0.5, 0.6) is 0 Å². The van der Waals surface area contributed by atoms with Crippen LogP contribution in [0.2, 0.25) is 0 Å². The fourth-order valence-electron chi connectivity index (χ4n) is 2.48. The first-order valence-electron chi connectivity index (χ1n) is 8.82. The molecule has 0 aliphatic carbocycles. The molecule has 0 N–H and O–H groups in total. The van der Waals surface area contributed by atoms with Crippen LogP contribution in [0, 0.1) is 6.92 Å². The monoisotopic (exact) mass is 345 g/mol. The first-order chi connectivity index (χ1) is 12.0. The number of esters is 1. The van der Waals surface area contributed by atoms with Crippen molar-refractivity contribution in [3.63, 3.8) is 0 Å². The van der Waals surface area contributed by atoms with E-state index in [1.165, 1.54) is 0 Å². The fraction of sp³-hybridized carbons (Fsp3) is 0.526. The standard InChI is InChI=1S/C19H27N3O3/c1-5-6-11-24-12-13-25-19(23)18-20-15(4)22(21-18)17-10-8-7-9-16(17)14(2)3/h7-10,14H,5-6,11-13H2,1-4H3. The lowest BCUT2D eigenvalue weighted by Crippen LogP contribution is -2.13. The van der Waals surface area contributed by atoms with E-state index in [0.717, 1.165) is 24.1 Å². The van der Waals surface area contributed by atoms with Crippen molar-refractivity contribution in [2.45, 2.75) is 46.5 Å². The molecule has 25 heavy (non-hydrogen) atoms. The SMILES string of the molecule is CCCCOCCOC(=O)c1nc(C)n(-c2ccccc2C(C)C)n1. The Labute approximate surface area is 149 Å². The highest BCUT2D eigenvalue weighted by Gasteiger charge is 2.18. The number of benzene rings is 1. The summed E-state index contributed by atoms with van der Waals surface area (Å²) < 4.78 is 12.3. The summed E-state index contributed by atoms with van der Waals surface area (Å²) in [5, 5.41) is 4.34. The second kappa shape index (κ2) is 9.32. The molecule has 2 aromatic rings. The van der Waals surface area contributed by atoms with Crippen LogP contribution in [-0.4, -0.2) is 40.6 Å². The van der Waals surface area contributed by atoms with Crippen LogP contribution in [-0.2, 0) is 9.47 Å². The summed E-state index contributed by atoms with van der Waals surface area (Å²) in [5.41, 5.74) is 2.09. The molecule has 2 rings (SSSR count). The van der Waals surface area contributed by atoms with Crippen LogP contribution in [0.1, 0.15) is 61.5 Å². The van der Waals surface area contributed by atoms with Gasteiger partial charge in [-0.2, -0.15) is 0 Å². The van der Waals surface area contributed by atoms with E-state index >= 15 is 0 Å². The molecule has 0 saturated carbocycles. The molecule has 0 aliphatic heterocycles. The van der Waals surface area contributed by atoms with Crippen molar-refractivity contribution < 1.29 is 14.3 Å². The van der Waals surface area contributed by atoms with Gasteiger partial charge in [-0.3, -0.25) is 0 Å². The zero-order valence-corrected chi connectivity index (χ0v) is 15.5. The Balaban J connectivity index is 2.04. The third-order valence-electron chi connectivity index (χ3n) is 3.84. The molecular formula is C19H27N3O3. The third-order valence-corrected chi connectivity index (χ3v) is 3.84. The van der Waals surface area contributed by atoms with Gasteiger partial charge in [0.25, 0.3) is 5.82 Å². The van der Waals surface area contributed by atoms with Gasteiger partial charge in [0.15, 0.2) is 0 Å². The molecule has 6 nitrogen and oxygen atoms in total. The van der Waals surface area contributed by atoms with Crippen molar-refractivity contribution >= 4 is 5.97 Å². The van der Waals surface area contributed by atoms with Crippen molar-refractivity contribution in [3.8, 4) is 5.69 Å². The molecule has 1 heterocycles. The Kier molecular flexibility index (Phi) is 7.13. The highest BCUT2D eigenvalue weighted by Crippen LogP contribution is 2.23. The lowest BCUT2D eigenvalue weighted by Gasteiger charge is -2.12. The smallest absolute Gasteiger partial charge is 0.378 e. The van der Waals surface area contributed by atoms with Gasteiger partial charge in [-0.1, -0.05) is 45.4 Å². The van der Waals surface area contributed by atoms with Gasteiger partial charge in [-0.15, -0.1) is 5.10 Å². The number of aromatic nitrogens is 3. The second-order valence-corrected chi connectivity index (χ2v) is 6.21. The van der Waals surface area contributed by atoms with E-state index in [1.54, 1.807) is 4.68 Å². The van der Waals surface area contributed by atoms with Gasteiger partial charge in [0.1, 0.15) is 12.4 Å². The lowest BCUT2D eigenvalue weighted by molar-refractivity contribution is 0.0302. The fourth-order valence-corrected chi connectivity index (χ4v) is 2.48. The summed E-state index contributed by atoms with van der Waals surface area (Å²) in [6, 6.07) is 7.99. The maximum Gasteiger partial charge on any atom is 0.378 e. The highest BCUT2D eigenvalue weighted by molar-refractivity contribution is 5.85. The minimum absolute atomic E-state index is 0.0737. The number of hydrogen-bond donors (Lipinski definition) is 0. The van der Waals surface area contributed by atoms with Gasteiger partial charge >= 0.3 is 5.97 Å². The van der Waals surface area contributed by atoms with Gasteiger partial charge in [0.2, 0.25) is 0 Å². The molecule has 0 bridgehead atoms. The van der Waals surface area contributed by atoms with Crippen LogP contribution >= 0.6 is 0 Å². The zero-order chi connectivity index (χ0) is 18.2. The predicted molar refractivity (Wildman–Crippen MR) is 96.2 cm³/mol. The van der Waals surface area contributed by atoms with Gasteiger partial charge in [0, 0.05) is 6.61 Å². The lowest BCUT2D eigenvalue weighted by atomic mass is 10.0. The van der Waals surface area contributed by atoms with Gasteiger partial charge in [0.05, 0.1) is 12.3 Å². The van der Waals surface area contributed by atoms with Crippen LogP contribution in [0.4, 0.5) is 0 Å². The molecule has 0 atom stereocenters. The number of hydrogen-bond acceptors (Lipinski definition) is 5. The number of carbonyl (C=O) groups is 1. The topological polar surface area (TPSA) is 66.2 Å². The molecule has 1 aromatic heterocycles. The summed E-state index contributed by atoms with van der Waals surface area (Å²) in [4.78, 5) is 16.4. The number of rotatable bonds is 9. The third kappa shape index (κ3) is 5.13. The van der Waals surface area contributed by atoms with E-state index in [-0.39, 0.29) is 12.4 Å². The maximum absolute atomic E-state index is 12.1. The average Bonchev–Trinajstić information content (AvgIpc) is 2.99. The quantitative estimate of drug-likeness (QED) is 0.512. The van der Waals surface area contributed by atoms with E-state index in [0.29, 0.717) is 25.0 Å². The van der Waals surface area contributed by atoms with E-state index in [4.69, 9.17) is 9.47 Å². The molecule has 6 heteroatoms. The summed E-state index contributed by atoms with van der Waals surface area (Å²) in [6.07, 6.45) is 2.09. The molecule has 0 fully saturated rings. The van der Waals surface area contributed by atoms with Crippen molar-refractivity contribution in [1.82, 2.24) is 14.8 Å². The van der Waals surface area contributed by atoms with Crippen molar-refractivity contribution in [3.05, 3.63) is 41.5 Å². The first kappa shape index (κ1) is 19.1. The molecular weight excluding hydrogens is 318 g/mol. The Bertz CT molecular complexity index is 695. The minimum Gasteiger partial charge on any atom is -0.457 e. The van der Waals surface area contributed by atoms with E-state index in [1.807, 2.05) is 25.1 Å². The van der Waals surface area contributed by atoms with Crippen LogP contribution in [0.3, 0.4) is 0 Å². The van der Waals surface area contributed by atoms with Gasteiger partial charge in [-0.25, -0.2) is 14.5 Å². The van der Waals surface area contributed by atoms with Crippen LogP contribution < -0.4 is 0 Å². The molecule has 0 unspecified atom stereocenters. The van der Waals surface area contributed by atoms with Crippen molar-refractivity contribution in [2.24, 2.45) is 0 Å². The summed E-state index contributed by atoms with van der Waals surface area (Å²) in [7, 11) is 0. The summed E-state index contributed by atoms with van der Waals surface area (Å²) in [6.45, 7) is 9.46. The van der Waals surface area contributed by atoms with E-state index in [9.17, 15) is 4.79 Å². The highest BCUT2D eigenvalue weighted by atomic mass is 16.6.